The number of benzene rings is 2. The predicted molar refractivity (Wildman–Crippen MR) is 138 cm³/mol. The number of amides is 1. The molecule has 1 fully saturated rings. The number of carbonyl (C=O) groups is 1. The molecule has 1 aliphatic heterocycles. The van der Waals surface area contributed by atoms with E-state index in [1.54, 1.807) is 17.5 Å². The van der Waals surface area contributed by atoms with E-state index in [4.69, 9.17) is 10.7 Å². The number of likely N-dealkylation sites (tertiary alicyclic amines) is 1. The van der Waals surface area contributed by atoms with E-state index in [0.717, 1.165) is 58.4 Å². The van der Waals surface area contributed by atoms with Gasteiger partial charge in [0.1, 0.15) is 0 Å². The average molecular weight is 470 g/mol. The molecule has 4 aromatic rings. The minimum atomic E-state index is -0.418. The van der Waals surface area contributed by atoms with Gasteiger partial charge in [-0.1, -0.05) is 18.2 Å². The molecule has 1 aliphatic rings. The molecule has 7 heteroatoms. The van der Waals surface area contributed by atoms with Gasteiger partial charge in [0.05, 0.1) is 5.69 Å². The van der Waals surface area contributed by atoms with Crippen molar-refractivity contribution in [3.05, 3.63) is 83.0 Å². The minimum absolute atomic E-state index is 0.418. The molecule has 0 radical (unpaired) electrons. The standard InChI is InChI=1S/C27H27N5OS/c1-18-6-8-20(14-24(18)30-27-31-25(17-34-27)21-5-4-10-29-15-21)23-13-19(7-9-22(23)26(28)33)16-32-11-2-3-12-32/h4-10,13-15,17H,2-3,11-12,16H2,1H3,(H2,28,33)(H,30,31). The summed E-state index contributed by atoms with van der Waals surface area (Å²) in [7, 11) is 0. The highest BCUT2D eigenvalue weighted by molar-refractivity contribution is 7.14. The molecule has 3 N–H and O–H groups in total. The Morgan fingerprint density at radius 2 is 1.97 bits per heavy atom. The number of anilines is 2. The molecule has 0 unspecified atom stereocenters. The molecule has 172 valence electrons. The maximum Gasteiger partial charge on any atom is 0.249 e. The van der Waals surface area contributed by atoms with Crippen LogP contribution in [0.4, 0.5) is 10.8 Å². The number of rotatable bonds is 7. The van der Waals surface area contributed by atoms with Crippen molar-refractivity contribution in [2.45, 2.75) is 26.3 Å². The molecule has 3 heterocycles. The molecule has 0 saturated carbocycles. The van der Waals surface area contributed by atoms with Crippen molar-refractivity contribution in [1.29, 1.82) is 0 Å². The number of pyridine rings is 1. The molecule has 0 spiro atoms. The van der Waals surface area contributed by atoms with Gasteiger partial charge in [0.25, 0.3) is 0 Å². The smallest absolute Gasteiger partial charge is 0.249 e. The number of hydrogen-bond acceptors (Lipinski definition) is 6. The van der Waals surface area contributed by atoms with Crippen LogP contribution < -0.4 is 11.1 Å². The number of aryl methyl sites for hydroxylation is 1. The Morgan fingerprint density at radius 1 is 1.12 bits per heavy atom. The van der Waals surface area contributed by atoms with Crippen LogP contribution in [0.15, 0.2) is 66.3 Å². The number of hydrogen-bond donors (Lipinski definition) is 2. The summed E-state index contributed by atoms with van der Waals surface area (Å²) in [6, 6.07) is 16.1. The normalized spacial score (nSPS) is 13.8. The first-order chi connectivity index (χ1) is 16.6. The summed E-state index contributed by atoms with van der Waals surface area (Å²) in [5.41, 5.74) is 13.2. The minimum Gasteiger partial charge on any atom is -0.366 e. The lowest BCUT2D eigenvalue weighted by Gasteiger charge is -2.17. The summed E-state index contributed by atoms with van der Waals surface area (Å²) in [5, 5.41) is 6.28. The number of aromatic nitrogens is 2. The summed E-state index contributed by atoms with van der Waals surface area (Å²) in [6.45, 7) is 5.19. The van der Waals surface area contributed by atoms with E-state index in [1.165, 1.54) is 18.4 Å². The van der Waals surface area contributed by atoms with Crippen LogP contribution >= 0.6 is 11.3 Å². The van der Waals surface area contributed by atoms with Gasteiger partial charge in [-0.2, -0.15) is 0 Å². The molecule has 5 rings (SSSR count). The van der Waals surface area contributed by atoms with Gasteiger partial charge in [0.15, 0.2) is 5.13 Å². The topological polar surface area (TPSA) is 84.1 Å². The fourth-order valence-corrected chi connectivity index (χ4v) is 5.09. The molecule has 0 aliphatic carbocycles. The number of primary amides is 1. The van der Waals surface area contributed by atoms with Gasteiger partial charge in [-0.3, -0.25) is 14.7 Å². The summed E-state index contributed by atoms with van der Waals surface area (Å²) < 4.78 is 0. The first-order valence-corrected chi connectivity index (χ1v) is 12.3. The fourth-order valence-electron chi connectivity index (χ4n) is 4.36. The molecule has 1 amide bonds. The van der Waals surface area contributed by atoms with E-state index >= 15 is 0 Å². The van der Waals surface area contributed by atoms with E-state index in [1.807, 2.05) is 41.9 Å². The van der Waals surface area contributed by atoms with Gasteiger partial charge in [-0.25, -0.2) is 4.98 Å². The quantitative estimate of drug-likeness (QED) is 0.367. The Bertz CT molecular complexity index is 1310. The summed E-state index contributed by atoms with van der Waals surface area (Å²) in [6.07, 6.45) is 6.06. The van der Waals surface area contributed by atoms with E-state index in [2.05, 4.69) is 40.3 Å². The molecule has 6 nitrogen and oxygen atoms in total. The first kappa shape index (κ1) is 22.3. The highest BCUT2D eigenvalue weighted by Crippen LogP contribution is 2.33. The zero-order chi connectivity index (χ0) is 23.5. The second-order valence-corrected chi connectivity index (χ2v) is 9.52. The fraction of sp³-hybridized carbons (Fsp3) is 0.222. The van der Waals surface area contributed by atoms with Gasteiger partial charge in [-0.05, 0) is 85.4 Å². The Labute approximate surface area is 203 Å². The summed E-state index contributed by atoms with van der Waals surface area (Å²) in [5.74, 6) is -0.418. The molecule has 2 aromatic carbocycles. The maximum atomic E-state index is 12.2. The van der Waals surface area contributed by atoms with Crippen LogP contribution in [0.3, 0.4) is 0 Å². The van der Waals surface area contributed by atoms with Crippen LogP contribution in [0.2, 0.25) is 0 Å². The zero-order valence-electron chi connectivity index (χ0n) is 19.1. The van der Waals surface area contributed by atoms with Gasteiger partial charge in [-0.15, -0.1) is 11.3 Å². The van der Waals surface area contributed by atoms with Crippen LogP contribution in [0, 0.1) is 6.92 Å². The third-order valence-corrected chi connectivity index (χ3v) is 6.96. The second-order valence-electron chi connectivity index (χ2n) is 8.66. The van der Waals surface area contributed by atoms with Crippen LogP contribution in [0.1, 0.15) is 34.3 Å². The largest absolute Gasteiger partial charge is 0.366 e. The highest BCUT2D eigenvalue weighted by Gasteiger charge is 2.16. The molecule has 2 aromatic heterocycles. The molecule has 0 bridgehead atoms. The van der Waals surface area contributed by atoms with Crippen LogP contribution in [-0.4, -0.2) is 33.9 Å². The maximum absolute atomic E-state index is 12.2. The van der Waals surface area contributed by atoms with Crippen LogP contribution in [-0.2, 0) is 6.54 Å². The number of nitrogens with zero attached hydrogens (tertiary/aromatic N) is 3. The van der Waals surface area contributed by atoms with Crippen molar-refractivity contribution >= 4 is 28.1 Å². The second kappa shape index (κ2) is 9.75. The number of nitrogens with one attached hydrogen (secondary N) is 1. The average Bonchev–Trinajstić information content (AvgIpc) is 3.53. The monoisotopic (exact) mass is 469 g/mol. The third-order valence-electron chi connectivity index (χ3n) is 6.21. The molecule has 1 saturated heterocycles. The van der Waals surface area contributed by atoms with Crippen LogP contribution in [0.25, 0.3) is 22.4 Å². The van der Waals surface area contributed by atoms with Crippen molar-refractivity contribution in [1.82, 2.24) is 14.9 Å². The van der Waals surface area contributed by atoms with Crippen molar-refractivity contribution in [3.63, 3.8) is 0 Å². The zero-order valence-corrected chi connectivity index (χ0v) is 19.9. The van der Waals surface area contributed by atoms with Crippen molar-refractivity contribution < 1.29 is 4.79 Å². The molecule has 34 heavy (non-hydrogen) atoms. The van der Waals surface area contributed by atoms with Crippen molar-refractivity contribution in [3.8, 4) is 22.4 Å². The molecular formula is C27H27N5OS. The van der Waals surface area contributed by atoms with E-state index in [0.29, 0.717) is 5.56 Å². The lowest BCUT2D eigenvalue weighted by molar-refractivity contribution is 0.100. The third kappa shape index (κ3) is 4.85. The summed E-state index contributed by atoms with van der Waals surface area (Å²) >= 11 is 1.55. The van der Waals surface area contributed by atoms with Gasteiger partial charge >= 0.3 is 0 Å². The number of nitrogens with two attached hydrogens (primary N) is 1. The van der Waals surface area contributed by atoms with Gasteiger partial charge in [0, 0.05) is 41.1 Å². The summed E-state index contributed by atoms with van der Waals surface area (Å²) in [4.78, 5) is 23.6. The van der Waals surface area contributed by atoms with Crippen molar-refractivity contribution in [2.24, 2.45) is 5.73 Å². The van der Waals surface area contributed by atoms with Gasteiger partial charge in [0.2, 0.25) is 5.91 Å². The SMILES string of the molecule is Cc1ccc(-c2cc(CN3CCCC3)ccc2C(N)=O)cc1Nc1nc(-c2cccnc2)cs1. The first-order valence-electron chi connectivity index (χ1n) is 11.5. The number of thiazole rings is 1. The highest BCUT2D eigenvalue weighted by atomic mass is 32.1. The molecular weight excluding hydrogens is 442 g/mol. The predicted octanol–water partition coefficient (Wildman–Crippen LogP) is 5.62. The number of carbonyl (C=O) groups excluding carboxylic acids is 1. The lowest BCUT2D eigenvalue weighted by Crippen LogP contribution is -2.19. The van der Waals surface area contributed by atoms with Crippen LogP contribution in [0.5, 0.6) is 0 Å². The Morgan fingerprint density at radius 3 is 2.74 bits per heavy atom. The Kier molecular flexibility index (Phi) is 6.38. The van der Waals surface area contributed by atoms with E-state index in [9.17, 15) is 4.79 Å². The van der Waals surface area contributed by atoms with Crippen molar-refractivity contribution in [2.75, 3.05) is 18.4 Å². The Balaban J connectivity index is 1.45. The van der Waals surface area contributed by atoms with E-state index in [-0.39, 0.29) is 0 Å². The van der Waals surface area contributed by atoms with Gasteiger partial charge < -0.3 is 11.1 Å². The molecule has 0 atom stereocenters. The van der Waals surface area contributed by atoms with E-state index < -0.39 is 5.91 Å². The Hall–Kier alpha value is -3.55. The lowest BCUT2D eigenvalue weighted by atomic mass is 9.95.